The molecule has 116 valence electrons. The summed E-state index contributed by atoms with van der Waals surface area (Å²) < 4.78 is 5.35. The number of aromatic nitrogens is 2. The number of likely N-dealkylation sites (tertiary alicyclic amines) is 1. The quantitative estimate of drug-likeness (QED) is 0.890. The molecule has 0 aromatic carbocycles. The number of amides is 1. The minimum Gasteiger partial charge on any atom is -0.381 e. The van der Waals surface area contributed by atoms with Crippen molar-refractivity contribution in [1.29, 1.82) is 5.26 Å². The molecule has 1 amide bonds. The van der Waals surface area contributed by atoms with Crippen LogP contribution in [0.1, 0.15) is 30.7 Å². The van der Waals surface area contributed by atoms with Gasteiger partial charge in [0.05, 0.1) is 0 Å². The van der Waals surface area contributed by atoms with E-state index in [2.05, 4.69) is 15.3 Å². The molecular formula is C15H19N5O2. The first kappa shape index (κ1) is 14.7. The van der Waals surface area contributed by atoms with Crippen LogP contribution in [0.5, 0.6) is 0 Å². The summed E-state index contributed by atoms with van der Waals surface area (Å²) in [6, 6.07) is 3.60. The Balaban J connectivity index is 1.68. The van der Waals surface area contributed by atoms with Gasteiger partial charge in [0.2, 0.25) is 11.9 Å². The van der Waals surface area contributed by atoms with E-state index in [9.17, 15) is 4.79 Å². The lowest BCUT2D eigenvalue weighted by Gasteiger charge is -2.31. The highest BCUT2D eigenvalue weighted by molar-refractivity contribution is 5.86. The molecule has 1 N–H and O–H groups in total. The van der Waals surface area contributed by atoms with E-state index < -0.39 is 0 Å². The number of carbonyl (C=O) groups excluding carboxylic acids is 1. The van der Waals surface area contributed by atoms with Crippen LogP contribution in [-0.4, -0.2) is 52.6 Å². The van der Waals surface area contributed by atoms with Gasteiger partial charge in [0.25, 0.3) is 0 Å². The van der Waals surface area contributed by atoms with Crippen LogP contribution in [0.2, 0.25) is 0 Å². The third-order valence-electron chi connectivity index (χ3n) is 4.14. The number of nitriles is 1. The maximum Gasteiger partial charge on any atom is 0.245 e. The molecule has 0 spiro atoms. The van der Waals surface area contributed by atoms with E-state index in [-0.39, 0.29) is 18.0 Å². The molecular weight excluding hydrogens is 282 g/mol. The Labute approximate surface area is 129 Å². The number of carbonyl (C=O) groups is 1. The molecule has 7 heteroatoms. The number of hydrogen-bond acceptors (Lipinski definition) is 6. The molecule has 0 aliphatic carbocycles. The standard InChI is InChI=1S/C15H19N5O2/c1-10-8-11(9-16)18-15(17-10)19-13-2-5-20(14(13)21)12-3-6-22-7-4-12/h8,12-13H,2-7H2,1H3,(H,17,18,19). The smallest absolute Gasteiger partial charge is 0.245 e. The molecule has 3 rings (SSSR count). The molecule has 1 unspecified atom stereocenters. The Morgan fingerprint density at radius 2 is 2.14 bits per heavy atom. The topological polar surface area (TPSA) is 91.1 Å². The third-order valence-corrected chi connectivity index (χ3v) is 4.14. The van der Waals surface area contributed by atoms with Crippen LogP contribution in [0.25, 0.3) is 0 Å². The van der Waals surface area contributed by atoms with Gasteiger partial charge in [-0.2, -0.15) is 5.26 Å². The molecule has 7 nitrogen and oxygen atoms in total. The second-order valence-corrected chi connectivity index (χ2v) is 5.69. The highest BCUT2D eigenvalue weighted by Crippen LogP contribution is 2.23. The Kier molecular flexibility index (Phi) is 4.20. The van der Waals surface area contributed by atoms with Crippen LogP contribution in [0.4, 0.5) is 5.95 Å². The largest absolute Gasteiger partial charge is 0.381 e. The van der Waals surface area contributed by atoms with Gasteiger partial charge in [-0.1, -0.05) is 0 Å². The fourth-order valence-electron chi connectivity index (χ4n) is 3.04. The molecule has 1 aromatic heterocycles. The van der Waals surface area contributed by atoms with Crippen LogP contribution in [0.3, 0.4) is 0 Å². The van der Waals surface area contributed by atoms with Crippen molar-refractivity contribution in [2.75, 3.05) is 25.1 Å². The molecule has 22 heavy (non-hydrogen) atoms. The van der Waals surface area contributed by atoms with Gasteiger partial charge in [-0.3, -0.25) is 4.79 Å². The average molecular weight is 301 g/mol. The summed E-state index contributed by atoms with van der Waals surface area (Å²) in [6.07, 6.45) is 2.53. The second kappa shape index (κ2) is 6.28. The van der Waals surface area contributed by atoms with E-state index in [0.29, 0.717) is 17.3 Å². The van der Waals surface area contributed by atoms with E-state index in [0.717, 1.165) is 39.0 Å². The van der Waals surface area contributed by atoms with Crippen LogP contribution in [-0.2, 0) is 9.53 Å². The van der Waals surface area contributed by atoms with Crippen molar-refractivity contribution in [2.45, 2.75) is 38.3 Å². The molecule has 0 saturated carbocycles. The lowest BCUT2D eigenvalue weighted by molar-refractivity contribution is -0.131. The van der Waals surface area contributed by atoms with Crippen molar-refractivity contribution in [2.24, 2.45) is 0 Å². The van der Waals surface area contributed by atoms with Gasteiger partial charge < -0.3 is 15.0 Å². The highest BCUT2D eigenvalue weighted by atomic mass is 16.5. The molecule has 2 saturated heterocycles. The van der Waals surface area contributed by atoms with Crippen molar-refractivity contribution in [3.8, 4) is 6.07 Å². The van der Waals surface area contributed by atoms with Crippen LogP contribution >= 0.6 is 0 Å². The van der Waals surface area contributed by atoms with Crippen molar-refractivity contribution < 1.29 is 9.53 Å². The maximum atomic E-state index is 12.6. The molecule has 0 radical (unpaired) electrons. The molecule has 2 aliphatic rings. The predicted octanol–water partition coefficient (Wildman–Crippen LogP) is 0.848. The molecule has 1 aromatic rings. The Bertz CT molecular complexity index is 606. The zero-order chi connectivity index (χ0) is 15.5. The maximum absolute atomic E-state index is 12.6. The second-order valence-electron chi connectivity index (χ2n) is 5.69. The minimum atomic E-state index is -0.309. The summed E-state index contributed by atoms with van der Waals surface area (Å²) in [4.78, 5) is 22.9. The minimum absolute atomic E-state index is 0.0931. The van der Waals surface area contributed by atoms with E-state index in [1.54, 1.807) is 13.0 Å². The van der Waals surface area contributed by atoms with Gasteiger partial charge in [-0.15, -0.1) is 0 Å². The van der Waals surface area contributed by atoms with Crippen LogP contribution in [0, 0.1) is 18.3 Å². The molecule has 3 heterocycles. The fraction of sp³-hybridized carbons (Fsp3) is 0.600. The number of rotatable bonds is 3. The van der Waals surface area contributed by atoms with Gasteiger partial charge >= 0.3 is 0 Å². The number of nitrogens with zero attached hydrogens (tertiary/aromatic N) is 4. The summed E-state index contributed by atoms with van der Waals surface area (Å²) in [5.74, 6) is 0.444. The van der Waals surface area contributed by atoms with Gasteiger partial charge in [-0.25, -0.2) is 9.97 Å². The fourth-order valence-corrected chi connectivity index (χ4v) is 3.04. The van der Waals surface area contributed by atoms with Gasteiger partial charge in [0.1, 0.15) is 17.8 Å². The number of ether oxygens (including phenoxy) is 1. The number of nitrogens with one attached hydrogen (secondary N) is 1. The summed E-state index contributed by atoms with van der Waals surface area (Å²) in [5, 5.41) is 12.0. The number of aryl methyl sites for hydroxylation is 1. The summed E-state index contributed by atoms with van der Waals surface area (Å²) in [6.45, 7) is 3.99. The molecule has 1 atom stereocenters. The molecule has 0 bridgehead atoms. The van der Waals surface area contributed by atoms with E-state index in [1.165, 1.54) is 0 Å². The number of hydrogen-bond donors (Lipinski definition) is 1. The van der Waals surface area contributed by atoms with Crippen LogP contribution < -0.4 is 5.32 Å². The van der Waals surface area contributed by atoms with Gasteiger partial charge in [-0.05, 0) is 32.3 Å². The molecule has 2 aliphatic heterocycles. The van der Waals surface area contributed by atoms with E-state index >= 15 is 0 Å². The van der Waals surface area contributed by atoms with E-state index in [1.807, 2.05) is 11.0 Å². The van der Waals surface area contributed by atoms with Gasteiger partial charge in [0.15, 0.2) is 0 Å². The average Bonchev–Trinajstić information content (AvgIpc) is 2.88. The molecule has 2 fully saturated rings. The first-order chi connectivity index (χ1) is 10.7. The Morgan fingerprint density at radius 1 is 1.36 bits per heavy atom. The zero-order valence-electron chi connectivity index (χ0n) is 12.6. The SMILES string of the molecule is Cc1cc(C#N)nc(NC2CCN(C3CCOCC3)C2=O)n1. The van der Waals surface area contributed by atoms with Crippen molar-refractivity contribution in [3.05, 3.63) is 17.5 Å². The normalized spacial score (nSPS) is 22.6. The Morgan fingerprint density at radius 3 is 2.86 bits per heavy atom. The Hall–Kier alpha value is -2.20. The third kappa shape index (κ3) is 3.02. The summed E-state index contributed by atoms with van der Waals surface area (Å²) in [5.41, 5.74) is 1.02. The first-order valence-corrected chi connectivity index (χ1v) is 7.58. The van der Waals surface area contributed by atoms with Crippen molar-refractivity contribution >= 4 is 11.9 Å². The van der Waals surface area contributed by atoms with Crippen LogP contribution in [0.15, 0.2) is 6.07 Å². The van der Waals surface area contributed by atoms with Crippen molar-refractivity contribution in [1.82, 2.24) is 14.9 Å². The predicted molar refractivity (Wildman–Crippen MR) is 79.1 cm³/mol. The monoisotopic (exact) mass is 301 g/mol. The zero-order valence-corrected chi connectivity index (χ0v) is 12.6. The highest BCUT2D eigenvalue weighted by Gasteiger charge is 2.36. The number of anilines is 1. The first-order valence-electron chi connectivity index (χ1n) is 7.58. The lowest BCUT2D eigenvalue weighted by atomic mass is 10.1. The summed E-state index contributed by atoms with van der Waals surface area (Å²) in [7, 11) is 0. The van der Waals surface area contributed by atoms with Gasteiger partial charge in [0, 0.05) is 31.5 Å². The van der Waals surface area contributed by atoms with Crippen molar-refractivity contribution in [3.63, 3.8) is 0 Å². The lowest BCUT2D eigenvalue weighted by Crippen LogP contribution is -2.43. The summed E-state index contributed by atoms with van der Waals surface area (Å²) >= 11 is 0. The van der Waals surface area contributed by atoms with E-state index in [4.69, 9.17) is 10.00 Å².